The van der Waals surface area contributed by atoms with E-state index in [1.54, 1.807) is 6.92 Å². The molecule has 0 unspecified atom stereocenters. The van der Waals surface area contributed by atoms with E-state index in [0.29, 0.717) is 15.4 Å². The Bertz CT molecular complexity index is 1130. The predicted octanol–water partition coefficient (Wildman–Crippen LogP) is 3.55. The minimum atomic E-state index is -0.819. The molecule has 0 aliphatic heterocycles. The van der Waals surface area contributed by atoms with Crippen molar-refractivity contribution in [2.45, 2.75) is 30.5 Å². The molecule has 2 heterocycles. The van der Waals surface area contributed by atoms with E-state index in [2.05, 4.69) is 21.4 Å². The van der Waals surface area contributed by atoms with Gasteiger partial charge in [0.25, 0.3) is 5.56 Å². The number of amides is 1. The summed E-state index contributed by atoms with van der Waals surface area (Å²) in [6.07, 6.45) is 1.93. The molecule has 4 rings (SSSR count). The van der Waals surface area contributed by atoms with Gasteiger partial charge in [-0.1, -0.05) is 42.1 Å². The molecule has 1 amide bonds. The van der Waals surface area contributed by atoms with Gasteiger partial charge in [-0.05, 0) is 31.2 Å². The zero-order valence-corrected chi connectivity index (χ0v) is 16.8. The number of H-pyrrole nitrogens is 1. The maximum atomic E-state index is 12.6. The Balaban J connectivity index is 1.50. The van der Waals surface area contributed by atoms with Crippen LogP contribution in [-0.4, -0.2) is 27.2 Å². The average molecular weight is 411 g/mol. The molecule has 8 heteroatoms. The second-order valence-corrected chi connectivity index (χ2v) is 8.81. The molecule has 0 spiro atoms. The standard InChI is InChI=1S/C20H18N4O2S2/c1-20(11-21,13-7-8-13)24-15(25)10-28-19-22-17(26)16-14(9-27-18(16)23-19)12-5-3-2-4-6-12/h2-6,9,13H,7-8,10H2,1H3,(H,24,25)(H,22,23,26)/t20-/m1/s1. The number of aromatic amines is 1. The smallest absolute Gasteiger partial charge is 0.260 e. The summed E-state index contributed by atoms with van der Waals surface area (Å²) in [5.41, 5.74) is 0.795. The van der Waals surface area contributed by atoms with E-state index in [9.17, 15) is 14.9 Å². The first-order valence-electron chi connectivity index (χ1n) is 8.92. The summed E-state index contributed by atoms with van der Waals surface area (Å²) in [4.78, 5) is 32.8. The molecular formula is C20H18N4O2S2. The summed E-state index contributed by atoms with van der Waals surface area (Å²) < 4.78 is 0. The van der Waals surface area contributed by atoms with Crippen molar-refractivity contribution in [1.82, 2.24) is 15.3 Å². The third-order valence-corrected chi connectivity index (χ3v) is 6.62. The maximum Gasteiger partial charge on any atom is 0.260 e. The highest BCUT2D eigenvalue weighted by molar-refractivity contribution is 7.99. The maximum absolute atomic E-state index is 12.6. The number of thiophene rings is 1. The zero-order valence-electron chi connectivity index (χ0n) is 15.2. The highest BCUT2D eigenvalue weighted by atomic mass is 32.2. The van der Waals surface area contributed by atoms with Crippen molar-refractivity contribution >= 4 is 39.2 Å². The molecule has 1 saturated carbocycles. The fourth-order valence-corrected chi connectivity index (χ4v) is 4.84. The first-order chi connectivity index (χ1) is 13.5. The van der Waals surface area contributed by atoms with Gasteiger partial charge in [0.15, 0.2) is 5.16 Å². The molecular weight excluding hydrogens is 392 g/mol. The number of carbonyl (C=O) groups is 1. The molecule has 1 aromatic carbocycles. The zero-order chi connectivity index (χ0) is 19.7. The lowest BCUT2D eigenvalue weighted by molar-refractivity contribution is -0.119. The van der Waals surface area contributed by atoms with Crippen molar-refractivity contribution in [2.24, 2.45) is 5.92 Å². The van der Waals surface area contributed by atoms with Gasteiger partial charge in [0.1, 0.15) is 10.4 Å². The Morgan fingerprint density at radius 3 is 2.86 bits per heavy atom. The van der Waals surface area contributed by atoms with Crippen LogP contribution in [0.5, 0.6) is 0 Å². The molecule has 142 valence electrons. The van der Waals surface area contributed by atoms with Crippen LogP contribution in [0.3, 0.4) is 0 Å². The number of thioether (sulfide) groups is 1. The van der Waals surface area contributed by atoms with Crippen LogP contribution in [-0.2, 0) is 4.79 Å². The number of carbonyl (C=O) groups excluding carboxylic acids is 1. The quantitative estimate of drug-likeness (QED) is 0.478. The first kappa shape index (κ1) is 18.7. The number of rotatable bonds is 6. The molecule has 3 aromatic rings. The molecule has 6 nitrogen and oxygen atoms in total. The van der Waals surface area contributed by atoms with Gasteiger partial charge < -0.3 is 10.3 Å². The topological polar surface area (TPSA) is 98.6 Å². The lowest BCUT2D eigenvalue weighted by Gasteiger charge is -2.22. The van der Waals surface area contributed by atoms with Crippen LogP contribution in [0, 0.1) is 17.2 Å². The monoisotopic (exact) mass is 410 g/mol. The highest BCUT2D eigenvalue weighted by Crippen LogP contribution is 2.39. The number of benzene rings is 1. The summed E-state index contributed by atoms with van der Waals surface area (Å²) in [5.74, 6) is 0.0816. The van der Waals surface area contributed by atoms with E-state index < -0.39 is 5.54 Å². The van der Waals surface area contributed by atoms with E-state index in [1.807, 2.05) is 35.7 Å². The van der Waals surface area contributed by atoms with Crippen LogP contribution in [0.15, 0.2) is 45.7 Å². The Labute approximate surface area is 170 Å². The number of hydrogen-bond donors (Lipinski definition) is 2. The van der Waals surface area contributed by atoms with Gasteiger partial charge in [0.05, 0.1) is 17.2 Å². The Kier molecular flexibility index (Phi) is 4.96. The number of nitrogens with one attached hydrogen (secondary N) is 2. The van der Waals surface area contributed by atoms with Gasteiger partial charge in [-0.3, -0.25) is 9.59 Å². The average Bonchev–Trinajstić information content (AvgIpc) is 3.47. The minimum absolute atomic E-state index is 0.0926. The van der Waals surface area contributed by atoms with Crippen LogP contribution >= 0.6 is 23.1 Å². The van der Waals surface area contributed by atoms with Gasteiger partial charge in [-0.15, -0.1) is 11.3 Å². The molecule has 28 heavy (non-hydrogen) atoms. The van der Waals surface area contributed by atoms with Crippen LogP contribution in [0.2, 0.25) is 0 Å². The van der Waals surface area contributed by atoms with E-state index in [1.165, 1.54) is 11.3 Å². The van der Waals surface area contributed by atoms with E-state index >= 15 is 0 Å². The first-order valence-corrected chi connectivity index (χ1v) is 10.8. The SMILES string of the molecule is C[C@](C#N)(NC(=O)CSc1nc2scc(-c3ccccc3)c2c(=O)[nH]1)C1CC1. The van der Waals surface area contributed by atoms with E-state index in [0.717, 1.165) is 35.7 Å². The van der Waals surface area contributed by atoms with Crippen LogP contribution in [0.4, 0.5) is 0 Å². The Morgan fingerprint density at radius 2 is 2.18 bits per heavy atom. The fraction of sp³-hybridized carbons (Fsp3) is 0.300. The fourth-order valence-electron chi connectivity index (χ4n) is 3.17. The molecule has 0 saturated heterocycles. The van der Waals surface area contributed by atoms with Crippen molar-refractivity contribution in [3.05, 3.63) is 46.1 Å². The lowest BCUT2D eigenvalue weighted by Crippen LogP contribution is -2.47. The van der Waals surface area contributed by atoms with Crippen molar-refractivity contribution in [1.29, 1.82) is 5.26 Å². The van der Waals surface area contributed by atoms with Crippen molar-refractivity contribution in [3.63, 3.8) is 0 Å². The van der Waals surface area contributed by atoms with Crippen molar-refractivity contribution in [3.8, 4) is 17.2 Å². The van der Waals surface area contributed by atoms with Gasteiger partial charge in [-0.25, -0.2) is 4.98 Å². The lowest BCUT2D eigenvalue weighted by atomic mass is 9.98. The van der Waals surface area contributed by atoms with Gasteiger partial charge in [-0.2, -0.15) is 5.26 Å². The highest BCUT2D eigenvalue weighted by Gasteiger charge is 2.42. The summed E-state index contributed by atoms with van der Waals surface area (Å²) in [5, 5.41) is 15.1. The number of fused-ring (bicyclic) bond motifs is 1. The van der Waals surface area contributed by atoms with E-state index in [4.69, 9.17) is 0 Å². The second kappa shape index (κ2) is 7.41. The van der Waals surface area contributed by atoms with Crippen LogP contribution < -0.4 is 10.9 Å². The van der Waals surface area contributed by atoms with Crippen molar-refractivity contribution < 1.29 is 4.79 Å². The molecule has 1 fully saturated rings. The second-order valence-electron chi connectivity index (χ2n) is 6.99. The Morgan fingerprint density at radius 1 is 1.43 bits per heavy atom. The summed E-state index contributed by atoms with van der Waals surface area (Å²) >= 11 is 2.57. The number of nitrogens with zero attached hydrogens (tertiary/aromatic N) is 2. The molecule has 1 aliphatic carbocycles. The van der Waals surface area contributed by atoms with Gasteiger partial charge in [0, 0.05) is 10.9 Å². The summed E-state index contributed by atoms with van der Waals surface area (Å²) in [7, 11) is 0. The van der Waals surface area contributed by atoms with E-state index in [-0.39, 0.29) is 23.1 Å². The van der Waals surface area contributed by atoms with Crippen LogP contribution in [0.25, 0.3) is 21.3 Å². The predicted molar refractivity (Wildman–Crippen MR) is 111 cm³/mol. The van der Waals surface area contributed by atoms with Crippen LogP contribution in [0.1, 0.15) is 19.8 Å². The largest absolute Gasteiger partial charge is 0.337 e. The summed E-state index contributed by atoms with van der Waals surface area (Å²) in [6.45, 7) is 1.76. The van der Waals surface area contributed by atoms with Gasteiger partial charge in [0.2, 0.25) is 5.91 Å². The molecule has 2 N–H and O–H groups in total. The molecule has 0 radical (unpaired) electrons. The molecule has 1 aliphatic rings. The third kappa shape index (κ3) is 3.68. The minimum Gasteiger partial charge on any atom is -0.337 e. The Hall–Kier alpha value is -2.63. The number of nitriles is 1. The number of aromatic nitrogens is 2. The third-order valence-electron chi connectivity index (χ3n) is 4.87. The molecule has 0 bridgehead atoms. The van der Waals surface area contributed by atoms with Gasteiger partial charge >= 0.3 is 0 Å². The summed E-state index contributed by atoms with van der Waals surface area (Å²) in [6, 6.07) is 11.9. The molecule has 1 atom stereocenters. The normalized spacial score (nSPS) is 15.7. The number of hydrogen-bond acceptors (Lipinski definition) is 6. The molecule has 2 aromatic heterocycles. The van der Waals surface area contributed by atoms with Crippen molar-refractivity contribution in [2.75, 3.05) is 5.75 Å².